The predicted octanol–water partition coefficient (Wildman–Crippen LogP) is 2.41. The van der Waals surface area contributed by atoms with Crippen molar-refractivity contribution in [2.75, 3.05) is 30.3 Å². The summed E-state index contributed by atoms with van der Waals surface area (Å²) in [6.45, 7) is 1.24. The number of hydrogen-bond donors (Lipinski definition) is 3. The van der Waals surface area contributed by atoms with Crippen LogP contribution in [0.2, 0.25) is 5.02 Å². The van der Waals surface area contributed by atoms with Gasteiger partial charge in [-0.25, -0.2) is 16.8 Å². The van der Waals surface area contributed by atoms with E-state index in [-0.39, 0.29) is 59.0 Å². The van der Waals surface area contributed by atoms with Crippen molar-refractivity contribution >= 4 is 37.4 Å². The van der Waals surface area contributed by atoms with Gasteiger partial charge < -0.3 is 16.4 Å². The summed E-state index contributed by atoms with van der Waals surface area (Å²) in [5, 5.41) is 7.38. The average Bonchev–Trinajstić information content (AvgIpc) is 3.31. The van der Waals surface area contributed by atoms with E-state index in [1.54, 1.807) is 16.4 Å². The number of hydrogen-bond acceptors (Lipinski definition) is 7. The molecule has 3 heterocycles. The van der Waals surface area contributed by atoms with Crippen LogP contribution < -0.4 is 16.4 Å². The fraction of sp³-hybridized carbons (Fsp3) is 0.750. The minimum atomic E-state index is -3.23. The summed E-state index contributed by atoms with van der Waals surface area (Å²) in [5.74, 6) is 0.211. The highest BCUT2D eigenvalue weighted by Gasteiger charge is 2.40. The summed E-state index contributed by atoms with van der Waals surface area (Å²) in [4.78, 5) is 13.6. The molecule has 9 nitrogen and oxygen atoms in total. The molecule has 1 amide bonds. The third-order valence-corrected chi connectivity index (χ3v) is 13.6. The van der Waals surface area contributed by atoms with Crippen molar-refractivity contribution in [3.05, 3.63) is 34.9 Å². The van der Waals surface area contributed by atoms with E-state index in [0.717, 1.165) is 44.1 Å². The number of sulfonamides is 1. The smallest absolute Gasteiger partial charge is 0.237 e. The topological polar surface area (TPSA) is 139 Å². The molecule has 3 saturated heterocycles. The Kier molecular flexibility index (Phi) is 9.48. The molecule has 2 bridgehead atoms. The maximum Gasteiger partial charge on any atom is 0.237 e. The molecule has 40 heavy (non-hydrogen) atoms. The van der Waals surface area contributed by atoms with E-state index in [0.29, 0.717) is 37.4 Å². The van der Waals surface area contributed by atoms with Crippen molar-refractivity contribution in [1.82, 2.24) is 14.9 Å². The summed E-state index contributed by atoms with van der Waals surface area (Å²) in [6.07, 6.45) is 7.08. The van der Waals surface area contributed by atoms with Gasteiger partial charge >= 0.3 is 0 Å². The van der Waals surface area contributed by atoms with Crippen molar-refractivity contribution in [3.8, 4) is 0 Å². The Labute approximate surface area is 243 Å². The van der Waals surface area contributed by atoms with Crippen molar-refractivity contribution in [2.45, 2.75) is 87.9 Å². The van der Waals surface area contributed by atoms with Crippen LogP contribution >= 0.6 is 11.6 Å². The molecule has 7 atom stereocenters. The molecule has 4 N–H and O–H groups in total. The lowest BCUT2D eigenvalue weighted by molar-refractivity contribution is -0.124. The predicted molar refractivity (Wildman–Crippen MR) is 157 cm³/mol. The molecule has 1 aromatic carbocycles. The van der Waals surface area contributed by atoms with Crippen molar-refractivity contribution < 1.29 is 21.6 Å². The fourth-order valence-corrected chi connectivity index (χ4v) is 10.9. The van der Waals surface area contributed by atoms with Gasteiger partial charge in [0, 0.05) is 42.2 Å². The Morgan fingerprint density at radius 2 is 1.73 bits per heavy atom. The van der Waals surface area contributed by atoms with Crippen LogP contribution in [0.3, 0.4) is 0 Å². The first kappa shape index (κ1) is 30.2. The highest BCUT2D eigenvalue weighted by atomic mass is 35.5. The molecule has 4 aliphatic rings. The zero-order valence-corrected chi connectivity index (χ0v) is 25.4. The highest BCUT2D eigenvalue weighted by Crippen LogP contribution is 2.37. The number of carbonyl (C=O) groups is 1. The molecule has 3 unspecified atom stereocenters. The van der Waals surface area contributed by atoms with E-state index in [2.05, 4.69) is 10.6 Å². The summed E-state index contributed by atoms with van der Waals surface area (Å²) in [5.41, 5.74) is 7.57. The molecule has 1 aliphatic carbocycles. The number of nitrogens with one attached hydrogen (secondary N) is 2. The normalized spacial score (nSPS) is 33.5. The van der Waals surface area contributed by atoms with Gasteiger partial charge in [0.15, 0.2) is 0 Å². The van der Waals surface area contributed by atoms with E-state index < -0.39 is 25.9 Å². The molecule has 12 heteroatoms. The van der Waals surface area contributed by atoms with Gasteiger partial charge in [0.1, 0.15) is 9.84 Å². The van der Waals surface area contributed by atoms with Crippen molar-refractivity contribution in [1.29, 1.82) is 0 Å². The monoisotopic (exact) mass is 614 g/mol. The SMILES string of the molecule is NC(C(=O)N[C@H]1CCC[C@@H]1CC[C@H]1CN[C@@H]2CCCS(=O)(=O)N1C2)C(c1ccc(Cl)cc1)C1CCS(=O)(=O)CC1. The summed E-state index contributed by atoms with van der Waals surface area (Å²) in [7, 11) is -6.27. The number of nitrogens with two attached hydrogens (primary N) is 1. The summed E-state index contributed by atoms with van der Waals surface area (Å²) < 4.78 is 51.6. The molecule has 1 saturated carbocycles. The van der Waals surface area contributed by atoms with E-state index >= 15 is 0 Å². The standard InChI is InChI=1S/C28H43ClN4O5S2/c29-22-9-6-20(7-10-22)26(21-12-15-39(35,36)16-13-21)27(30)28(34)32-25-5-1-3-19(25)8-11-24-17-31-23-4-2-14-40(37,38)33(24)18-23/h6-7,9-10,19,21,23-27,31H,1-5,8,11-18,30H2,(H,32,34)/t19-,23-,24+,25+,26?,27?/m1/s1. The Morgan fingerprint density at radius 3 is 2.45 bits per heavy atom. The molecule has 4 fully saturated rings. The third-order valence-electron chi connectivity index (χ3n) is 9.67. The second-order valence-corrected chi connectivity index (χ2v) is 17.0. The Balaban J connectivity index is 1.23. The first-order valence-corrected chi connectivity index (χ1v) is 18.6. The van der Waals surface area contributed by atoms with E-state index in [1.807, 2.05) is 12.1 Å². The lowest BCUT2D eigenvalue weighted by atomic mass is 9.77. The van der Waals surface area contributed by atoms with Crippen LogP contribution in [-0.4, -0.2) is 81.6 Å². The largest absolute Gasteiger partial charge is 0.352 e. The number of benzene rings is 1. The molecule has 224 valence electrons. The first-order chi connectivity index (χ1) is 19.0. The van der Waals surface area contributed by atoms with Gasteiger partial charge in [-0.2, -0.15) is 4.31 Å². The van der Waals surface area contributed by atoms with Gasteiger partial charge in [-0.15, -0.1) is 0 Å². The van der Waals surface area contributed by atoms with Crippen molar-refractivity contribution in [2.24, 2.45) is 17.6 Å². The van der Waals surface area contributed by atoms with E-state index in [1.165, 1.54) is 0 Å². The van der Waals surface area contributed by atoms with Crippen LogP contribution in [0, 0.1) is 11.8 Å². The number of halogens is 1. The minimum Gasteiger partial charge on any atom is -0.352 e. The highest BCUT2D eigenvalue weighted by molar-refractivity contribution is 7.91. The van der Waals surface area contributed by atoms with Gasteiger partial charge in [0.05, 0.1) is 23.3 Å². The maximum atomic E-state index is 13.6. The molecule has 0 radical (unpaired) electrons. The fourth-order valence-electron chi connectivity index (χ4n) is 7.39. The number of rotatable bonds is 8. The first-order valence-electron chi connectivity index (χ1n) is 14.8. The van der Waals surface area contributed by atoms with Gasteiger partial charge in [-0.3, -0.25) is 4.79 Å². The van der Waals surface area contributed by atoms with Crippen LogP contribution in [0.25, 0.3) is 0 Å². The minimum absolute atomic E-state index is 0.00110. The van der Waals surface area contributed by atoms with Crippen molar-refractivity contribution in [3.63, 3.8) is 0 Å². The molecule has 0 aromatic heterocycles. The lowest BCUT2D eigenvalue weighted by Crippen LogP contribution is -2.57. The number of carbonyl (C=O) groups excluding carboxylic acids is 1. The molecule has 0 spiro atoms. The number of sulfone groups is 1. The van der Waals surface area contributed by atoms with E-state index in [4.69, 9.17) is 17.3 Å². The molecular weight excluding hydrogens is 572 g/mol. The lowest BCUT2D eigenvalue weighted by Gasteiger charge is -2.38. The van der Waals surface area contributed by atoms with Gasteiger partial charge in [-0.1, -0.05) is 30.2 Å². The molecule has 1 aromatic rings. The second kappa shape index (κ2) is 12.6. The Bertz CT molecular complexity index is 1250. The zero-order valence-electron chi connectivity index (χ0n) is 23.0. The van der Waals surface area contributed by atoms with Crippen LogP contribution in [-0.2, 0) is 24.7 Å². The zero-order chi connectivity index (χ0) is 28.5. The number of piperazine rings is 1. The number of nitrogens with zero attached hydrogens (tertiary/aromatic N) is 1. The van der Waals surface area contributed by atoms with Crippen LogP contribution in [0.5, 0.6) is 0 Å². The maximum absolute atomic E-state index is 13.6. The van der Waals surface area contributed by atoms with Crippen LogP contribution in [0.15, 0.2) is 24.3 Å². The second-order valence-electron chi connectivity index (χ2n) is 12.3. The summed E-state index contributed by atoms with van der Waals surface area (Å²) in [6, 6.07) is 6.74. The molecule has 3 aliphatic heterocycles. The third kappa shape index (κ3) is 7.03. The van der Waals surface area contributed by atoms with Crippen LogP contribution in [0.4, 0.5) is 0 Å². The number of amides is 1. The summed E-state index contributed by atoms with van der Waals surface area (Å²) >= 11 is 6.12. The average molecular weight is 615 g/mol. The van der Waals surface area contributed by atoms with Gasteiger partial charge in [0.25, 0.3) is 0 Å². The molecular formula is C28H43ClN4O5S2. The quantitative estimate of drug-likeness (QED) is 0.409. The number of fused-ring (bicyclic) bond motifs is 2. The van der Waals surface area contributed by atoms with E-state index in [9.17, 15) is 21.6 Å². The van der Waals surface area contributed by atoms with Gasteiger partial charge in [0.2, 0.25) is 15.9 Å². The Hall–Kier alpha value is -1.24. The van der Waals surface area contributed by atoms with Gasteiger partial charge in [-0.05, 0) is 80.9 Å². The molecule has 5 rings (SSSR count). The van der Waals surface area contributed by atoms with Crippen LogP contribution in [0.1, 0.15) is 69.3 Å². The Morgan fingerprint density at radius 1 is 1.00 bits per heavy atom.